The Balaban J connectivity index is 2.49. The number of carboxylic acids is 1. The molecule has 20 heavy (non-hydrogen) atoms. The van der Waals surface area contributed by atoms with E-state index in [-0.39, 0.29) is 12.1 Å². The molecular formula is C15H18N2O3. The third kappa shape index (κ3) is 2.52. The number of para-hydroxylation sites is 2. The molecule has 1 aromatic heterocycles. The summed E-state index contributed by atoms with van der Waals surface area (Å²) in [4.78, 5) is 23.1. The lowest BCUT2D eigenvalue weighted by Gasteiger charge is -2.03. The quantitative estimate of drug-likeness (QED) is 0.880. The molecule has 5 heteroatoms. The van der Waals surface area contributed by atoms with Crippen LogP contribution in [-0.2, 0) is 11.3 Å². The minimum absolute atomic E-state index is 0.0562. The highest BCUT2D eigenvalue weighted by Crippen LogP contribution is 2.17. The second kappa shape index (κ2) is 5.77. The molecule has 0 radical (unpaired) electrons. The number of fused-ring (bicyclic) bond motifs is 1. The predicted octanol–water partition coefficient (Wildman–Crippen LogP) is 2.55. The normalized spacial score (nSPS) is 10.8. The van der Waals surface area contributed by atoms with Gasteiger partial charge in [0.15, 0.2) is 0 Å². The summed E-state index contributed by atoms with van der Waals surface area (Å²) >= 11 is 0. The van der Waals surface area contributed by atoms with Gasteiger partial charge in [0.25, 0.3) is 0 Å². The van der Waals surface area contributed by atoms with Gasteiger partial charge in [-0.15, -0.1) is 0 Å². The largest absolute Gasteiger partial charge is 0.481 e. The summed E-state index contributed by atoms with van der Waals surface area (Å²) in [6.07, 6.45) is 1.17. The first kappa shape index (κ1) is 14.1. The molecule has 0 amide bonds. The zero-order valence-corrected chi connectivity index (χ0v) is 11.5. The first-order valence-corrected chi connectivity index (χ1v) is 6.66. The van der Waals surface area contributed by atoms with Gasteiger partial charge in [0.2, 0.25) is 0 Å². The third-order valence-electron chi connectivity index (χ3n) is 3.33. The Labute approximate surface area is 116 Å². The van der Waals surface area contributed by atoms with E-state index in [1.165, 1.54) is 0 Å². The van der Waals surface area contributed by atoms with Gasteiger partial charge in [0.1, 0.15) is 0 Å². The van der Waals surface area contributed by atoms with Crippen LogP contribution >= 0.6 is 0 Å². The number of carboxylic acid groups (broad SMARTS) is 1. The number of aryl methyl sites for hydroxylation is 1. The number of rotatable bonds is 6. The molecule has 0 atom stereocenters. The zero-order valence-electron chi connectivity index (χ0n) is 11.5. The van der Waals surface area contributed by atoms with Crippen molar-refractivity contribution in [3.63, 3.8) is 0 Å². The van der Waals surface area contributed by atoms with Crippen LogP contribution in [-0.4, -0.2) is 20.2 Å². The highest BCUT2D eigenvalue weighted by Gasteiger charge is 2.13. The van der Waals surface area contributed by atoms with Crippen LogP contribution in [0.15, 0.2) is 35.6 Å². The zero-order chi connectivity index (χ0) is 14.7. The number of benzene rings is 1. The smallest absolute Gasteiger partial charge is 0.333 e. The van der Waals surface area contributed by atoms with Gasteiger partial charge < -0.3 is 5.11 Å². The van der Waals surface area contributed by atoms with E-state index < -0.39 is 5.97 Å². The van der Waals surface area contributed by atoms with E-state index in [4.69, 9.17) is 5.11 Å². The maximum atomic E-state index is 12.5. The molecule has 1 aromatic carbocycles. The summed E-state index contributed by atoms with van der Waals surface area (Å²) in [6, 6.07) is 7.50. The number of aromatic nitrogens is 2. The summed E-state index contributed by atoms with van der Waals surface area (Å²) in [5.41, 5.74) is 2.23. The van der Waals surface area contributed by atoms with Crippen LogP contribution in [0.25, 0.3) is 16.7 Å². The van der Waals surface area contributed by atoms with Crippen LogP contribution in [0.3, 0.4) is 0 Å². The average molecular weight is 274 g/mol. The predicted molar refractivity (Wildman–Crippen MR) is 78.7 cm³/mol. The summed E-state index contributed by atoms with van der Waals surface area (Å²) in [5.74, 6) is -0.847. The van der Waals surface area contributed by atoms with Gasteiger partial charge in [0, 0.05) is 18.7 Å². The van der Waals surface area contributed by atoms with Crippen LogP contribution in [0.5, 0.6) is 0 Å². The number of carbonyl (C=O) groups is 1. The number of imidazole rings is 1. The molecule has 2 aromatic rings. The van der Waals surface area contributed by atoms with Crippen molar-refractivity contribution in [1.29, 1.82) is 0 Å². The average Bonchev–Trinajstić information content (AvgIpc) is 2.71. The maximum absolute atomic E-state index is 12.5. The highest BCUT2D eigenvalue weighted by atomic mass is 16.4. The fourth-order valence-electron chi connectivity index (χ4n) is 2.28. The van der Waals surface area contributed by atoms with Crippen molar-refractivity contribution < 1.29 is 9.90 Å². The topological polar surface area (TPSA) is 64.2 Å². The minimum Gasteiger partial charge on any atom is -0.481 e. The van der Waals surface area contributed by atoms with E-state index in [0.717, 1.165) is 16.7 Å². The van der Waals surface area contributed by atoms with E-state index >= 15 is 0 Å². The lowest BCUT2D eigenvalue weighted by Crippen LogP contribution is -2.24. The lowest BCUT2D eigenvalue weighted by atomic mass is 10.3. The Morgan fingerprint density at radius 1 is 1.30 bits per heavy atom. The van der Waals surface area contributed by atoms with Crippen molar-refractivity contribution in [2.75, 3.05) is 0 Å². The molecule has 0 unspecified atom stereocenters. The second-order valence-corrected chi connectivity index (χ2v) is 4.68. The molecule has 1 N–H and O–H groups in total. The number of aliphatic carboxylic acids is 1. The Kier molecular flexibility index (Phi) is 4.08. The van der Waals surface area contributed by atoms with Crippen LogP contribution < -0.4 is 5.69 Å². The van der Waals surface area contributed by atoms with Gasteiger partial charge >= 0.3 is 11.7 Å². The molecule has 2 rings (SSSR count). The van der Waals surface area contributed by atoms with Crippen molar-refractivity contribution in [3.05, 3.63) is 41.3 Å². The summed E-state index contributed by atoms with van der Waals surface area (Å²) in [7, 11) is 0. The monoisotopic (exact) mass is 274 g/mol. The standard InChI is InChI=1S/C15H18N2O3/c1-3-11(2)17-13-8-5-4-7-12(13)16(15(17)20)10-6-9-14(18)19/h4-5,7-8H,2-3,6,9-10H2,1H3,(H,18,19). The van der Waals surface area contributed by atoms with Crippen molar-refractivity contribution in [2.45, 2.75) is 32.7 Å². The Morgan fingerprint density at radius 2 is 1.95 bits per heavy atom. The molecule has 1 heterocycles. The SMILES string of the molecule is C=C(CC)n1c(=O)n(CCCC(=O)O)c2ccccc21. The number of hydrogen-bond donors (Lipinski definition) is 1. The van der Waals surface area contributed by atoms with Gasteiger partial charge in [-0.05, 0) is 25.0 Å². The first-order chi connectivity index (χ1) is 9.56. The fourth-order valence-corrected chi connectivity index (χ4v) is 2.28. The van der Waals surface area contributed by atoms with Gasteiger partial charge in [0.05, 0.1) is 11.0 Å². The molecule has 0 saturated carbocycles. The minimum atomic E-state index is -0.847. The lowest BCUT2D eigenvalue weighted by molar-refractivity contribution is -0.137. The van der Waals surface area contributed by atoms with Gasteiger partial charge in [-0.25, -0.2) is 4.79 Å². The van der Waals surface area contributed by atoms with Crippen LogP contribution in [0.4, 0.5) is 0 Å². The van der Waals surface area contributed by atoms with Gasteiger partial charge in [-0.2, -0.15) is 0 Å². The van der Waals surface area contributed by atoms with E-state index in [9.17, 15) is 9.59 Å². The third-order valence-corrected chi connectivity index (χ3v) is 3.33. The van der Waals surface area contributed by atoms with Crippen LogP contribution in [0, 0.1) is 0 Å². The fraction of sp³-hybridized carbons (Fsp3) is 0.333. The molecule has 106 valence electrons. The molecule has 0 saturated heterocycles. The van der Waals surface area contributed by atoms with Gasteiger partial charge in [-0.3, -0.25) is 13.9 Å². The second-order valence-electron chi connectivity index (χ2n) is 4.68. The Bertz CT molecular complexity index is 709. The Morgan fingerprint density at radius 3 is 2.55 bits per heavy atom. The van der Waals surface area contributed by atoms with Crippen molar-refractivity contribution >= 4 is 22.7 Å². The number of hydrogen-bond acceptors (Lipinski definition) is 2. The molecule has 0 aliphatic heterocycles. The molecule has 0 aliphatic carbocycles. The summed E-state index contributed by atoms with van der Waals surface area (Å²) in [6.45, 7) is 6.28. The number of allylic oxidation sites excluding steroid dienone is 1. The molecule has 5 nitrogen and oxygen atoms in total. The summed E-state index contributed by atoms with van der Waals surface area (Å²) in [5, 5.41) is 8.70. The van der Waals surface area contributed by atoms with Crippen molar-refractivity contribution in [2.24, 2.45) is 0 Å². The first-order valence-electron chi connectivity index (χ1n) is 6.66. The van der Waals surface area contributed by atoms with Crippen molar-refractivity contribution in [3.8, 4) is 0 Å². The Hall–Kier alpha value is -2.30. The van der Waals surface area contributed by atoms with Crippen LogP contribution in [0.1, 0.15) is 26.2 Å². The van der Waals surface area contributed by atoms with Crippen LogP contribution in [0.2, 0.25) is 0 Å². The number of nitrogens with zero attached hydrogens (tertiary/aromatic N) is 2. The van der Waals surface area contributed by atoms with E-state index in [2.05, 4.69) is 6.58 Å². The summed E-state index contributed by atoms with van der Waals surface area (Å²) < 4.78 is 3.23. The van der Waals surface area contributed by atoms with Gasteiger partial charge in [-0.1, -0.05) is 25.6 Å². The molecule has 0 fully saturated rings. The highest BCUT2D eigenvalue weighted by molar-refractivity contribution is 5.79. The van der Waals surface area contributed by atoms with E-state index in [0.29, 0.717) is 19.4 Å². The molecular weight excluding hydrogens is 256 g/mol. The van der Waals surface area contributed by atoms with E-state index in [1.807, 2.05) is 31.2 Å². The van der Waals surface area contributed by atoms with E-state index in [1.54, 1.807) is 9.13 Å². The molecule has 0 bridgehead atoms. The van der Waals surface area contributed by atoms with Crippen molar-refractivity contribution in [1.82, 2.24) is 9.13 Å². The maximum Gasteiger partial charge on any atom is 0.333 e. The molecule has 0 spiro atoms. The molecule has 0 aliphatic rings.